The van der Waals surface area contributed by atoms with Crippen LogP contribution in [0.3, 0.4) is 0 Å². The topological polar surface area (TPSA) is 54.9 Å². The van der Waals surface area contributed by atoms with Gasteiger partial charge in [0.05, 0.1) is 13.7 Å². The summed E-state index contributed by atoms with van der Waals surface area (Å²) in [6.45, 7) is 3.30. The first-order valence-corrected chi connectivity index (χ1v) is 8.53. The number of nitrogens with zero attached hydrogens (tertiary/aromatic N) is 1. The minimum Gasteiger partial charge on any atom is -0.493 e. The molecule has 2 rings (SSSR count). The molecule has 5 nitrogen and oxygen atoms in total. The van der Waals surface area contributed by atoms with Gasteiger partial charge in [0.1, 0.15) is 0 Å². The van der Waals surface area contributed by atoms with Crippen molar-refractivity contribution in [1.82, 2.24) is 10.6 Å². The van der Waals surface area contributed by atoms with Crippen molar-refractivity contribution >= 4 is 5.96 Å². The molecular formula is C18H29N3O2. The number of rotatable bonds is 6. The highest BCUT2D eigenvalue weighted by Gasteiger charge is 2.14. The summed E-state index contributed by atoms with van der Waals surface area (Å²) in [7, 11) is 3.48. The highest BCUT2D eigenvalue weighted by atomic mass is 16.5. The van der Waals surface area contributed by atoms with Gasteiger partial charge >= 0.3 is 0 Å². The van der Waals surface area contributed by atoms with Gasteiger partial charge in [-0.2, -0.15) is 0 Å². The van der Waals surface area contributed by atoms with E-state index in [4.69, 9.17) is 9.47 Å². The summed E-state index contributed by atoms with van der Waals surface area (Å²) >= 11 is 0. The SMILES string of the molecule is CCOc1ccc(CNC(=NC)NC2CCCCC2)cc1OC. The molecule has 2 N–H and O–H groups in total. The molecule has 0 unspecified atom stereocenters. The zero-order chi connectivity index (χ0) is 16.5. The smallest absolute Gasteiger partial charge is 0.191 e. The largest absolute Gasteiger partial charge is 0.493 e. The van der Waals surface area contributed by atoms with Gasteiger partial charge in [-0.25, -0.2) is 0 Å². The second-order valence-corrected chi connectivity index (χ2v) is 5.82. The van der Waals surface area contributed by atoms with Crippen LogP contribution in [0.1, 0.15) is 44.6 Å². The van der Waals surface area contributed by atoms with Gasteiger partial charge in [-0.05, 0) is 37.5 Å². The molecule has 0 atom stereocenters. The summed E-state index contributed by atoms with van der Waals surface area (Å²) in [6, 6.07) is 6.56. The highest BCUT2D eigenvalue weighted by molar-refractivity contribution is 5.80. The average molecular weight is 319 g/mol. The Morgan fingerprint density at radius 1 is 1.22 bits per heavy atom. The van der Waals surface area contributed by atoms with Crippen LogP contribution in [0.2, 0.25) is 0 Å². The number of hydrogen-bond acceptors (Lipinski definition) is 3. The van der Waals surface area contributed by atoms with Crippen LogP contribution in [0.5, 0.6) is 11.5 Å². The summed E-state index contributed by atoms with van der Waals surface area (Å²) in [6.07, 6.45) is 6.45. The van der Waals surface area contributed by atoms with E-state index in [1.54, 1.807) is 7.11 Å². The lowest BCUT2D eigenvalue weighted by atomic mass is 9.96. The van der Waals surface area contributed by atoms with E-state index in [0.29, 0.717) is 19.2 Å². The lowest BCUT2D eigenvalue weighted by molar-refractivity contribution is 0.310. The van der Waals surface area contributed by atoms with Gasteiger partial charge in [0.2, 0.25) is 0 Å². The van der Waals surface area contributed by atoms with E-state index < -0.39 is 0 Å². The van der Waals surface area contributed by atoms with Crippen LogP contribution >= 0.6 is 0 Å². The van der Waals surface area contributed by atoms with Gasteiger partial charge in [-0.3, -0.25) is 4.99 Å². The third kappa shape index (κ3) is 5.34. The molecule has 0 radical (unpaired) electrons. The van der Waals surface area contributed by atoms with E-state index in [0.717, 1.165) is 23.0 Å². The Labute approximate surface area is 139 Å². The standard InChI is InChI=1S/C18H29N3O2/c1-4-23-16-11-10-14(12-17(16)22-3)13-20-18(19-2)21-15-8-6-5-7-9-15/h10-12,15H,4-9,13H2,1-3H3,(H2,19,20,21). The van der Waals surface area contributed by atoms with Crippen LogP contribution in [0.15, 0.2) is 23.2 Å². The lowest BCUT2D eigenvalue weighted by Gasteiger charge is -2.25. The molecule has 0 amide bonds. The number of hydrogen-bond donors (Lipinski definition) is 2. The molecule has 0 aromatic heterocycles. The van der Waals surface area contributed by atoms with E-state index in [2.05, 4.69) is 21.7 Å². The van der Waals surface area contributed by atoms with E-state index in [9.17, 15) is 0 Å². The Bertz CT molecular complexity index is 511. The molecule has 1 fully saturated rings. The zero-order valence-electron chi connectivity index (χ0n) is 14.5. The first-order chi connectivity index (χ1) is 11.3. The number of guanidine groups is 1. The van der Waals surface area contributed by atoms with Crippen LogP contribution in [0.4, 0.5) is 0 Å². The monoisotopic (exact) mass is 319 g/mol. The minimum absolute atomic E-state index is 0.546. The molecule has 5 heteroatoms. The molecule has 0 saturated heterocycles. The molecule has 1 aromatic rings. The summed E-state index contributed by atoms with van der Waals surface area (Å²) in [5.41, 5.74) is 1.14. The summed E-state index contributed by atoms with van der Waals surface area (Å²) in [5, 5.41) is 6.90. The molecule has 1 aliphatic carbocycles. The van der Waals surface area contributed by atoms with Crippen LogP contribution in [-0.4, -0.2) is 32.8 Å². The minimum atomic E-state index is 0.546. The van der Waals surface area contributed by atoms with Crippen molar-refractivity contribution in [2.24, 2.45) is 4.99 Å². The third-order valence-electron chi connectivity index (χ3n) is 4.16. The summed E-state index contributed by atoms with van der Waals surface area (Å²) in [4.78, 5) is 4.33. The van der Waals surface area contributed by atoms with E-state index in [1.807, 2.05) is 26.1 Å². The predicted octanol–water partition coefficient (Wildman–Crippen LogP) is 3.09. The second kappa shape index (κ2) is 9.28. The Kier molecular flexibility index (Phi) is 7.04. The normalized spacial score (nSPS) is 16.0. The molecule has 0 spiro atoms. The van der Waals surface area contributed by atoms with Gasteiger partial charge in [0, 0.05) is 19.6 Å². The third-order valence-corrected chi connectivity index (χ3v) is 4.16. The first-order valence-electron chi connectivity index (χ1n) is 8.53. The molecule has 23 heavy (non-hydrogen) atoms. The number of nitrogens with one attached hydrogen (secondary N) is 2. The predicted molar refractivity (Wildman–Crippen MR) is 94.4 cm³/mol. The number of benzene rings is 1. The number of methoxy groups -OCH3 is 1. The molecule has 1 saturated carbocycles. The van der Waals surface area contributed by atoms with Crippen molar-refractivity contribution < 1.29 is 9.47 Å². The zero-order valence-corrected chi connectivity index (χ0v) is 14.5. The second-order valence-electron chi connectivity index (χ2n) is 5.82. The molecular weight excluding hydrogens is 290 g/mol. The maximum atomic E-state index is 5.55. The van der Waals surface area contributed by atoms with Gasteiger partial charge in [-0.1, -0.05) is 25.3 Å². The van der Waals surface area contributed by atoms with Crippen molar-refractivity contribution in [3.63, 3.8) is 0 Å². The maximum Gasteiger partial charge on any atom is 0.191 e. The van der Waals surface area contributed by atoms with Crippen LogP contribution in [-0.2, 0) is 6.54 Å². The average Bonchev–Trinajstić information content (AvgIpc) is 2.60. The fraction of sp³-hybridized carbons (Fsp3) is 0.611. The van der Waals surface area contributed by atoms with Crippen molar-refractivity contribution in [3.05, 3.63) is 23.8 Å². The van der Waals surface area contributed by atoms with Gasteiger partial charge in [0.25, 0.3) is 0 Å². The van der Waals surface area contributed by atoms with E-state index >= 15 is 0 Å². The molecule has 128 valence electrons. The molecule has 0 aliphatic heterocycles. The maximum absolute atomic E-state index is 5.55. The fourth-order valence-corrected chi connectivity index (χ4v) is 2.92. The van der Waals surface area contributed by atoms with Crippen molar-refractivity contribution in [1.29, 1.82) is 0 Å². The highest BCUT2D eigenvalue weighted by Crippen LogP contribution is 2.28. The number of aliphatic imine (C=N–C) groups is 1. The van der Waals surface area contributed by atoms with Crippen LogP contribution in [0, 0.1) is 0 Å². The van der Waals surface area contributed by atoms with Crippen LogP contribution < -0.4 is 20.1 Å². The van der Waals surface area contributed by atoms with Crippen LogP contribution in [0.25, 0.3) is 0 Å². The van der Waals surface area contributed by atoms with E-state index in [-0.39, 0.29) is 0 Å². The lowest BCUT2D eigenvalue weighted by Crippen LogP contribution is -2.43. The van der Waals surface area contributed by atoms with Gasteiger partial charge in [-0.15, -0.1) is 0 Å². The summed E-state index contributed by atoms with van der Waals surface area (Å²) in [5.74, 6) is 2.41. The van der Waals surface area contributed by atoms with Gasteiger partial charge < -0.3 is 20.1 Å². The first kappa shape index (κ1) is 17.4. The Morgan fingerprint density at radius 3 is 2.65 bits per heavy atom. The number of ether oxygens (including phenoxy) is 2. The Balaban J connectivity index is 1.90. The van der Waals surface area contributed by atoms with Crippen molar-refractivity contribution in [3.8, 4) is 11.5 Å². The molecule has 0 bridgehead atoms. The van der Waals surface area contributed by atoms with Crippen molar-refractivity contribution in [2.75, 3.05) is 20.8 Å². The molecule has 1 aliphatic rings. The Morgan fingerprint density at radius 2 is 2.00 bits per heavy atom. The fourth-order valence-electron chi connectivity index (χ4n) is 2.92. The van der Waals surface area contributed by atoms with E-state index in [1.165, 1.54) is 32.1 Å². The quantitative estimate of drug-likeness (QED) is 0.625. The summed E-state index contributed by atoms with van der Waals surface area (Å²) < 4.78 is 10.9. The van der Waals surface area contributed by atoms with Crippen molar-refractivity contribution in [2.45, 2.75) is 51.6 Å². The van der Waals surface area contributed by atoms with Gasteiger partial charge in [0.15, 0.2) is 17.5 Å². The molecule has 1 aromatic carbocycles. The molecule has 0 heterocycles. The Hall–Kier alpha value is -1.91.